The molecule has 1 aromatic carbocycles. The van der Waals surface area contributed by atoms with Crippen LogP contribution in [0.3, 0.4) is 0 Å². The lowest BCUT2D eigenvalue weighted by Crippen LogP contribution is -2.34. The molecule has 5 nitrogen and oxygen atoms in total. The molecule has 2 aromatic rings. The second-order valence-corrected chi connectivity index (χ2v) is 6.09. The molecule has 0 atom stereocenters. The first-order chi connectivity index (χ1) is 11.6. The zero-order valence-corrected chi connectivity index (χ0v) is 14.8. The van der Waals surface area contributed by atoms with Crippen molar-refractivity contribution < 1.29 is 9.53 Å². The highest BCUT2D eigenvalue weighted by Gasteiger charge is 2.13. The molecule has 0 unspecified atom stereocenters. The summed E-state index contributed by atoms with van der Waals surface area (Å²) < 4.78 is 5.70. The van der Waals surface area contributed by atoms with E-state index in [0.717, 1.165) is 30.3 Å². The van der Waals surface area contributed by atoms with Crippen molar-refractivity contribution in [1.82, 2.24) is 15.6 Å². The largest absolute Gasteiger partial charge is 0.478 e. The summed E-state index contributed by atoms with van der Waals surface area (Å²) >= 11 is 0. The van der Waals surface area contributed by atoms with E-state index in [1.54, 1.807) is 6.07 Å². The summed E-state index contributed by atoms with van der Waals surface area (Å²) in [6, 6.07) is 9.79. The van der Waals surface area contributed by atoms with Crippen LogP contribution < -0.4 is 15.4 Å². The molecule has 0 spiro atoms. The molecular formula is C19H27N3O2. The van der Waals surface area contributed by atoms with Gasteiger partial charge in [0, 0.05) is 30.6 Å². The van der Waals surface area contributed by atoms with Gasteiger partial charge < -0.3 is 15.4 Å². The highest BCUT2D eigenvalue weighted by atomic mass is 16.5. The van der Waals surface area contributed by atoms with Crippen LogP contribution in [0.1, 0.15) is 44.0 Å². The first kappa shape index (κ1) is 18.2. The van der Waals surface area contributed by atoms with Crippen LogP contribution in [-0.2, 0) is 0 Å². The van der Waals surface area contributed by atoms with Crippen molar-refractivity contribution in [3.63, 3.8) is 0 Å². The van der Waals surface area contributed by atoms with Gasteiger partial charge in [0.05, 0.1) is 17.7 Å². The number of carbonyl (C=O) groups is 1. The Hall–Kier alpha value is -2.14. The number of pyridine rings is 1. The van der Waals surface area contributed by atoms with Gasteiger partial charge in [-0.25, -0.2) is 4.98 Å². The highest BCUT2D eigenvalue weighted by Crippen LogP contribution is 2.22. The maximum absolute atomic E-state index is 12.6. The Morgan fingerprint density at radius 2 is 2.04 bits per heavy atom. The Kier molecular flexibility index (Phi) is 7.00. The zero-order valence-electron chi connectivity index (χ0n) is 14.8. The summed E-state index contributed by atoms with van der Waals surface area (Å²) in [5.41, 5.74) is 1.38. The Morgan fingerprint density at radius 1 is 1.25 bits per heavy atom. The van der Waals surface area contributed by atoms with Crippen molar-refractivity contribution in [2.45, 2.75) is 39.7 Å². The van der Waals surface area contributed by atoms with E-state index < -0.39 is 0 Å². The van der Waals surface area contributed by atoms with Gasteiger partial charge in [0.15, 0.2) is 0 Å². The van der Waals surface area contributed by atoms with Crippen LogP contribution in [0.5, 0.6) is 5.88 Å². The van der Waals surface area contributed by atoms with E-state index in [1.807, 2.05) is 24.3 Å². The number of ether oxygens (including phenoxy) is 1. The predicted octanol–water partition coefficient (Wildman–Crippen LogP) is 3.14. The lowest BCUT2D eigenvalue weighted by Gasteiger charge is -2.12. The normalized spacial score (nSPS) is 11.0. The third-order valence-electron chi connectivity index (χ3n) is 3.65. The molecule has 130 valence electrons. The van der Waals surface area contributed by atoms with Crippen molar-refractivity contribution in [2.75, 3.05) is 19.7 Å². The van der Waals surface area contributed by atoms with E-state index in [2.05, 4.69) is 36.4 Å². The van der Waals surface area contributed by atoms with Crippen LogP contribution in [0, 0.1) is 0 Å². The van der Waals surface area contributed by atoms with E-state index in [1.165, 1.54) is 0 Å². The molecule has 0 bridgehead atoms. The maximum Gasteiger partial charge on any atom is 0.252 e. The van der Waals surface area contributed by atoms with Crippen molar-refractivity contribution >= 4 is 16.8 Å². The highest BCUT2D eigenvalue weighted by molar-refractivity contribution is 6.06. The van der Waals surface area contributed by atoms with Crippen LogP contribution in [-0.4, -0.2) is 36.6 Å². The van der Waals surface area contributed by atoms with Crippen molar-refractivity contribution in [3.8, 4) is 5.88 Å². The first-order valence-electron chi connectivity index (χ1n) is 8.66. The predicted molar refractivity (Wildman–Crippen MR) is 97.6 cm³/mol. The molecule has 1 amide bonds. The quantitative estimate of drug-likeness (QED) is 0.694. The van der Waals surface area contributed by atoms with Gasteiger partial charge in [-0.15, -0.1) is 0 Å². The Balaban J connectivity index is 2.15. The summed E-state index contributed by atoms with van der Waals surface area (Å²) in [6.45, 7) is 8.21. The summed E-state index contributed by atoms with van der Waals surface area (Å²) in [5.74, 6) is 0.409. The average molecular weight is 329 g/mol. The Morgan fingerprint density at radius 3 is 2.79 bits per heavy atom. The lowest BCUT2D eigenvalue weighted by molar-refractivity contribution is 0.0954. The molecule has 5 heteroatoms. The number of hydrogen-bond acceptors (Lipinski definition) is 4. The van der Waals surface area contributed by atoms with E-state index in [9.17, 15) is 4.79 Å². The SMILES string of the molecule is CCCCOc1cc(C(=O)NCCNC(C)C)c2ccccc2n1. The minimum Gasteiger partial charge on any atom is -0.478 e. The summed E-state index contributed by atoms with van der Waals surface area (Å²) in [4.78, 5) is 17.1. The van der Waals surface area contributed by atoms with E-state index in [0.29, 0.717) is 30.6 Å². The number of unbranched alkanes of at least 4 members (excludes halogenated alkanes) is 1. The fraction of sp³-hybridized carbons (Fsp3) is 0.474. The van der Waals surface area contributed by atoms with Crippen LogP contribution >= 0.6 is 0 Å². The summed E-state index contributed by atoms with van der Waals surface area (Å²) in [5, 5.41) is 7.08. The monoisotopic (exact) mass is 329 g/mol. The van der Waals surface area contributed by atoms with Gasteiger partial charge in [0.25, 0.3) is 5.91 Å². The van der Waals surface area contributed by atoms with Crippen LogP contribution in [0.25, 0.3) is 10.9 Å². The topological polar surface area (TPSA) is 63.2 Å². The van der Waals surface area contributed by atoms with Gasteiger partial charge in [-0.2, -0.15) is 0 Å². The van der Waals surface area contributed by atoms with Crippen LogP contribution in [0.2, 0.25) is 0 Å². The molecular weight excluding hydrogens is 302 g/mol. The molecule has 2 rings (SSSR count). The number of nitrogens with one attached hydrogen (secondary N) is 2. The molecule has 0 aliphatic carbocycles. The number of para-hydroxylation sites is 1. The number of nitrogens with zero attached hydrogens (tertiary/aromatic N) is 1. The Labute approximate surface area is 143 Å². The lowest BCUT2D eigenvalue weighted by atomic mass is 10.1. The maximum atomic E-state index is 12.6. The van der Waals surface area contributed by atoms with Crippen LogP contribution in [0.15, 0.2) is 30.3 Å². The van der Waals surface area contributed by atoms with Gasteiger partial charge in [-0.05, 0) is 12.5 Å². The molecule has 1 aromatic heterocycles. The second kappa shape index (κ2) is 9.23. The van der Waals surface area contributed by atoms with Crippen molar-refractivity contribution in [3.05, 3.63) is 35.9 Å². The summed E-state index contributed by atoms with van der Waals surface area (Å²) in [6.07, 6.45) is 2.03. The molecule has 24 heavy (non-hydrogen) atoms. The van der Waals surface area contributed by atoms with Gasteiger partial charge in [0.2, 0.25) is 5.88 Å². The van der Waals surface area contributed by atoms with Crippen molar-refractivity contribution in [1.29, 1.82) is 0 Å². The fourth-order valence-corrected chi connectivity index (χ4v) is 2.37. The molecule has 0 aliphatic rings. The fourth-order valence-electron chi connectivity index (χ4n) is 2.37. The summed E-state index contributed by atoms with van der Waals surface area (Å²) in [7, 11) is 0. The second-order valence-electron chi connectivity index (χ2n) is 6.09. The average Bonchev–Trinajstić information content (AvgIpc) is 2.58. The number of carbonyl (C=O) groups excluding carboxylic acids is 1. The number of benzene rings is 1. The third-order valence-corrected chi connectivity index (χ3v) is 3.65. The van der Waals surface area contributed by atoms with Gasteiger partial charge >= 0.3 is 0 Å². The minimum atomic E-state index is -0.0977. The van der Waals surface area contributed by atoms with E-state index in [-0.39, 0.29) is 5.91 Å². The molecule has 2 N–H and O–H groups in total. The molecule has 1 heterocycles. The molecule has 0 radical (unpaired) electrons. The van der Waals surface area contributed by atoms with Gasteiger partial charge in [-0.1, -0.05) is 45.4 Å². The number of amides is 1. The third kappa shape index (κ3) is 5.20. The molecule has 0 saturated carbocycles. The number of rotatable bonds is 9. The number of fused-ring (bicyclic) bond motifs is 1. The minimum absolute atomic E-state index is 0.0977. The smallest absolute Gasteiger partial charge is 0.252 e. The molecule has 0 saturated heterocycles. The molecule has 0 fully saturated rings. The van der Waals surface area contributed by atoms with E-state index >= 15 is 0 Å². The Bertz CT molecular complexity index is 671. The zero-order chi connectivity index (χ0) is 17.4. The number of hydrogen-bond donors (Lipinski definition) is 2. The first-order valence-corrected chi connectivity index (χ1v) is 8.66. The molecule has 0 aliphatic heterocycles. The standard InChI is InChI=1S/C19H27N3O2/c1-4-5-12-24-18-13-16(15-8-6-7-9-17(15)22-18)19(23)21-11-10-20-14(2)3/h6-9,13-14,20H,4-5,10-12H2,1-3H3,(H,21,23). The van der Waals surface area contributed by atoms with Gasteiger partial charge in [0.1, 0.15) is 0 Å². The van der Waals surface area contributed by atoms with Crippen LogP contribution in [0.4, 0.5) is 0 Å². The number of aromatic nitrogens is 1. The van der Waals surface area contributed by atoms with Gasteiger partial charge in [-0.3, -0.25) is 4.79 Å². The van der Waals surface area contributed by atoms with E-state index in [4.69, 9.17) is 4.74 Å². The van der Waals surface area contributed by atoms with Crippen molar-refractivity contribution in [2.24, 2.45) is 0 Å².